The summed E-state index contributed by atoms with van der Waals surface area (Å²) in [5.74, 6) is 2.19. The molecule has 4 aromatic rings. The molecule has 1 aliphatic rings. The van der Waals surface area contributed by atoms with Crippen LogP contribution in [0.15, 0.2) is 66.9 Å². The predicted molar refractivity (Wildman–Crippen MR) is 125 cm³/mol. The molecule has 2 aromatic carbocycles. The maximum Gasteiger partial charge on any atom is 0.183 e. The quantitative estimate of drug-likeness (QED) is 0.373. The van der Waals surface area contributed by atoms with E-state index in [1.807, 2.05) is 12.1 Å². The fourth-order valence-electron chi connectivity index (χ4n) is 4.69. The van der Waals surface area contributed by atoms with E-state index in [0.717, 1.165) is 22.7 Å². The Labute approximate surface area is 188 Å². The second-order valence-corrected chi connectivity index (χ2v) is 8.67. The molecule has 0 aliphatic heterocycles. The Kier molecular flexibility index (Phi) is 5.80. The van der Waals surface area contributed by atoms with E-state index in [-0.39, 0.29) is 5.82 Å². The maximum atomic E-state index is 14.0. The first-order chi connectivity index (χ1) is 15.7. The molecule has 0 saturated heterocycles. The first-order valence-corrected chi connectivity index (χ1v) is 11.5. The molecule has 0 bridgehead atoms. The monoisotopic (exact) mass is 426 g/mol. The number of halogens is 1. The van der Waals surface area contributed by atoms with Crippen LogP contribution in [-0.2, 0) is 0 Å². The normalized spacial score (nSPS) is 18.6. The van der Waals surface area contributed by atoms with E-state index < -0.39 is 0 Å². The van der Waals surface area contributed by atoms with E-state index in [1.54, 1.807) is 24.4 Å². The highest BCUT2D eigenvalue weighted by atomic mass is 19.1. The van der Waals surface area contributed by atoms with Crippen molar-refractivity contribution >= 4 is 0 Å². The van der Waals surface area contributed by atoms with Crippen molar-refractivity contribution in [1.82, 2.24) is 20.2 Å². The van der Waals surface area contributed by atoms with E-state index in [2.05, 4.69) is 51.4 Å². The van der Waals surface area contributed by atoms with E-state index in [0.29, 0.717) is 23.1 Å². The fourth-order valence-corrected chi connectivity index (χ4v) is 4.69. The van der Waals surface area contributed by atoms with Crippen molar-refractivity contribution in [3.63, 3.8) is 0 Å². The van der Waals surface area contributed by atoms with Crippen molar-refractivity contribution in [2.24, 2.45) is 5.92 Å². The minimum Gasteiger partial charge on any atom is -0.259 e. The molecule has 2 heterocycles. The van der Waals surface area contributed by atoms with Crippen LogP contribution in [0, 0.1) is 11.7 Å². The summed E-state index contributed by atoms with van der Waals surface area (Å²) in [5, 5.41) is 7.06. The minimum atomic E-state index is -0.328. The third kappa shape index (κ3) is 4.20. The molecule has 0 atom stereocenters. The van der Waals surface area contributed by atoms with E-state index in [9.17, 15) is 4.39 Å². The van der Waals surface area contributed by atoms with Gasteiger partial charge in [-0.2, -0.15) is 5.10 Å². The molecular weight excluding hydrogens is 399 g/mol. The van der Waals surface area contributed by atoms with Gasteiger partial charge in [-0.05, 0) is 67.3 Å². The molecule has 1 N–H and O–H groups in total. The van der Waals surface area contributed by atoms with Crippen LogP contribution in [0.2, 0.25) is 0 Å². The van der Waals surface area contributed by atoms with Crippen molar-refractivity contribution < 1.29 is 4.39 Å². The largest absolute Gasteiger partial charge is 0.259 e. The molecule has 1 aliphatic carbocycles. The van der Waals surface area contributed by atoms with Crippen LogP contribution >= 0.6 is 0 Å². The van der Waals surface area contributed by atoms with Gasteiger partial charge < -0.3 is 0 Å². The molecule has 2 aromatic heterocycles. The highest BCUT2D eigenvalue weighted by Gasteiger charge is 2.21. The third-order valence-electron chi connectivity index (χ3n) is 6.74. The number of hydrogen-bond acceptors (Lipinski definition) is 3. The lowest BCUT2D eigenvalue weighted by Crippen LogP contribution is -2.12. The lowest BCUT2D eigenvalue weighted by atomic mass is 9.78. The Morgan fingerprint density at radius 1 is 0.906 bits per heavy atom. The number of pyridine rings is 1. The Morgan fingerprint density at radius 3 is 2.34 bits per heavy atom. The molecular formula is C27H27FN4. The minimum absolute atomic E-state index is 0.328. The molecule has 0 spiro atoms. The number of aromatic nitrogens is 4. The van der Waals surface area contributed by atoms with Crippen molar-refractivity contribution in [2.75, 3.05) is 0 Å². The third-order valence-corrected chi connectivity index (χ3v) is 6.74. The van der Waals surface area contributed by atoms with Crippen LogP contribution in [0.4, 0.5) is 4.39 Å². The first-order valence-electron chi connectivity index (χ1n) is 11.5. The zero-order valence-electron chi connectivity index (χ0n) is 18.3. The standard InChI is InChI=1S/C27H27FN4/c1-2-18-7-9-19(10-8-18)20-11-13-21(14-12-20)25-16-15-22(17-29-25)26-30-27(32-31-26)23-5-3-4-6-24(23)28/h3-6,11-19H,2,7-10H2,1H3,(H,30,31,32). The van der Waals surface area contributed by atoms with Crippen LogP contribution in [-0.4, -0.2) is 20.2 Å². The molecule has 0 radical (unpaired) electrons. The van der Waals surface area contributed by atoms with Gasteiger partial charge in [0.25, 0.3) is 0 Å². The number of aromatic amines is 1. The van der Waals surface area contributed by atoms with Gasteiger partial charge in [-0.3, -0.25) is 10.1 Å². The average Bonchev–Trinajstić information content (AvgIpc) is 3.35. The smallest absolute Gasteiger partial charge is 0.183 e. The Balaban J connectivity index is 1.30. The van der Waals surface area contributed by atoms with Crippen molar-refractivity contribution in [3.05, 3.63) is 78.2 Å². The van der Waals surface area contributed by atoms with Gasteiger partial charge in [0.05, 0.1) is 11.3 Å². The fraction of sp³-hybridized carbons (Fsp3) is 0.296. The topological polar surface area (TPSA) is 54.5 Å². The van der Waals surface area contributed by atoms with Gasteiger partial charge >= 0.3 is 0 Å². The van der Waals surface area contributed by atoms with E-state index in [1.165, 1.54) is 43.7 Å². The SMILES string of the molecule is CCC1CCC(c2ccc(-c3ccc(-c4n[nH]c(-c5ccccc5F)n4)cn3)cc2)CC1. The lowest BCUT2D eigenvalue weighted by molar-refractivity contribution is 0.319. The van der Waals surface area contributed by atoms with E-state index >= 15 is 0 Å². The molecule has 32 heavy (non-hydrogen) atoms. The summed E-state index contributed by atoms with van der Waals surface area (Å²) in [5.41, 5.74) is 4.65. The Hall–Kier alpha value is -3.34. The molecule has 0 unspecified atom stereocenters. The number of nitrogens with zero attached hydrogens (tertiary/aromatic N) is 3. The number of rotatable bonds is 5. The average molecular weight is 427 g/mol. The predicted octanol–water partition coefficient (Wildman–Crippen LogP) is 7.02. The molecule has 0 amide bonds. The second-order valence-electron chi connectivity index (χ2n) is 8.67. The van der Waals surface area contributed by atoms with Gasteiger partial charge in [0, 0.05) is 17.3 Å². The van der Waals surface area contributed by atoms with Crippen molar-refractivity contribution in [1.29, 1.82) is 0 Å². The number of nitrogens with one attached hydrogen (secondary N) is 1. The van der Waals surface area contributed by atoms with Crippen LogP contribution < -0.4 is 0 Å². The molecule has 1 fully saturated rings. The van der Waals surface area contributed by atoms with Crippen molar-refractivity contribution in [2.45, 2.75) is 44.9 Å². The summed E-state index contributed by atoms with van der Waals surface area (Å²) in [4.78, 5) is 9.06. The van der Waals surface area contributed by atoms with Crippen LogP contribution in [0.3, 0.4) is 0 Å². The van der Waals surface area contributed by atoms with E-state index in [4.69, 9.17) is 0 Å². The number of H-pyrrole nitrogens is 1. The summed E-state index contributed by atoms with van der Waals surface area (Å²) in [7, 11) is 0. The molecule has 162 valence electrons. The highest BCUT2D eigenvalue weighted by Crippen LogP contribution is 2.37. The van der Waals surface area contributed by atoms with Crippen LogP contribution in [0.1, 0.15) is 50.5 Å². The lowest BCUT2D eigenvalue weighted by Gasteiger charge is -2.28. The van der Waals surface area contributed by atoms with Gasteiger partial charge in [0.1, 0.15) is 5.82 Å². The van der Waals surface area contributed by atoms with Crippen LogP contribution in [0.25, 0.3) is 34.0 Å². The molecule has 1 saturated carbocycles. The van der Waals surface area contributed by atoms with Gasteiger partial charge in [-0.15, -0.1) is 0 Å². The summed E-state index contributed by atoms with van der Waals surface area (Å²) in [6, 6.07) is 19.3. The zero-order valence-corrected chi connectivity index (χ0v) is 18.3. The second kappa shape index (κ2) is 9.03. The molecule has 5 heteroatoms. The Morgan fingerprint density at radius 2 is 1.66 bits per heavy atom. The molecule has 5 rings (SSSR count). The Bertz CT molecular complexity index is 1170. The van der Waals surface area contributed by atoms with Gasteiger partial charge in [0.2, 0.25) is 0 Å². The van der Waals surface area contributed by atoms with Crippen LogP contribution in [0.5, 0.6) is 0 Å². The summed E-state index contributed by atoms with van der Waals surface area (Å²) in [6.45, 7) is 2.31. The van der Waals surface area contributed by atoms with Gasteiger partial charge in [0.15, 0.2) is 11.6 Å². The number of benzene rings is 2. The van der Waals surface area contributed by atoms with Crippen molar-refractivity contribution in [3.8, 4) is 34.0 Å². The van der Waals surface area contributed by atoms with Gasteiger partial charge in [-0.1, -0.05) is 49.7 Å². The number of hydrogen-bond donors (Lipinski definition) is 1. The summed E-state index contributed by atoms with van der Waals surface area (Å²) >= 11 is 0. The molecule has 4 nitrogen and oxygen atoms in total. The first kappa shape index (κ1) is 20.6. The highest BCUT2D eigenvalue weighted by molar-refractivity contribution is 5.65. The summed E-state index contributed by atoms with van der Waals surface area (Å²) in [6.07, 6.45) is 8.39. The van der Waals surface area contributed by atoms with Gasteiger partial charge in [-0.25, -0.2) is 9.37 Å². The maximum absolute atomic E-state index is 14.0. The zero-order chi connectivity index (χ0) is 21.9. The summed E-state index contributed by atoms with van der Waals surface area (Å²) < 4.78 is 14.0.